The summed E-state index contributed by atoms with van der Waals surface area (Å²) in [7, 11) is -1.71. The number of benzene rings is 2. The number of ether oxygens (including phenoxy) is 3. The first kappa shape index (κ1) is 25.8. The second-order valence-corrected chi connectivity index (χ2v) is 8.93. The molecule has 3 aromatic rings. The Balaban J connectivity index is 1.81. The predicted molar refractivity (Wildman–Crippen MR) is 116 cm³/mol. The van der Waals surface area contributed by atoms with Crippen molar-refractivity contribution < 1.29 is 45.0 Å². The molecule has 14 heteroatoms. The van der Waals surface area contributed by atoms with E-state index in [2.05, 4.69) is 31.0 Å². The molecule has 8 nitrogen and oxygen atoms in total. The molecule has 0 saturated heterocycles. The number of halogens is 4. The van der Waals surface area contributed by atoms with Gasteiger partial charge in [0.05, 0.1) is 25.5 Å². The summed E-state index contributed by atoms with van der Waals surface area (Å²) in [5, 5.41) is 0.844. The molecule has 0 bridgehead atoms. The molecule has 2 aromatic carbocycles. The average Bonchev–Trinajstić information content (AvgIpc) is 3.28. The predicted octanol–water partition coefficient (Wildman–Crippen LogP) is 4.18. The minimum absolute atomic E-state index is 0.0150. The van der Waals surface area contributed by atoms with Gasteiger partial charge in [-0.2, -0.15) is 8.42 Å². The Morgan fingerprint density at radius 3 is 2.49 bits per heavy atom. The maximum absolute atomic E-state index is 13.5. The number of sulfonamides is 1. The van der Waals surface area contributed by atoms with Crippen LogP contribution in [0.1, 0.15) is 20.9 Å². The van der Waals surface area contributed by atoms with E-state index < -0.39 is 33.9 Å². The van der Waals surface area contributed by atoms with Crippen molar-refractivity contribution in [1.82, 2.24) is 4.98 Å². The van der Waals surface area contributed by atoms with Gasteiger partial charge in [0.15, 0.2) is 21.6 Å². The summed E-state index contributed by atoms with van der Waals surface area (Å²) in [6, 6.07) is 6.58. The van der Waals surface area contributed by atoms with E-state index in [9.17, 15) is 30.8 Å². The Hall–Kier alpha value is -3.83. The zero-order chi connectivity index (χ0) is 25.8. The third-order valence-corrected chi connectivity index (χ3v) is 6.25. The number of rotatable bonds is 6. The molecule has 0 fully saturated rings. The van der Waals surface area contributed by atoms with Gasteiger partial charge in [-0.3, -0.25) is 4.72 Å². The molecule has 1 N–H and O–H groups in total. The zero-order valence-electron chi connectivity index (χ0n) is 17.8. The van der Waals surface area contributed by atoms with Crippen LogP contribution in [0.25, 0.3) is 0 Å². The minimum atomic E-state index is -5.08. The Labute approximate surface area is 200 Å². The van der Waals surface area contributed by atoms with Gasteiger partial charge >= 0.3 is 12.3 Å². The number of hydrogen-bond acceptors (Lipinski definition) is 8. The van der Waals surface area contributed by atoms with E-state index in [1.165, 1.54) is 37.8 Å². The van der Waals surface area contributed by atoms with Crippen LogP contribution in [-0.4, -0.2) is 40.0 Å². The van der Waals surface area contributed by atoms with Crippen molar-refractivity contribution in [3.05, 3.63) is 63.7 Å². The molecule has 0 amide bonds. The van der Waals surface area contributed by atoms with Crippen molar-refractivity contribution in [2.75, 3.05) is 18.9 Å². The summed E-state index contributed by atoms with van der Waals surface area (Å²) in [5.41, 5.74) is 0.159. The first-order chi connectivity index (χ1) is 16.4. The molecule has 1 aromatic heterocycles. The van der Waals surface area contributed by atoms with Gasteiger partial charge in [0.1, 0.15) is 5.75 Å². The largest absolute Gasteiger partial charge is 0.573 e. The Bertz CT molecular complexity index is 1430. The number of nitrogens with one attached hydrogen (secondary N) is 1. The van der Waals surface area contributed by atoms with Crippen molar-refractivity contribution in [2.24, 2.45) is 0 Å². The highest BCUT2D eigenvalue weighted by atomic mass is 32.2. The Morgan fingerprint density at radius 2 is 1.83 bits per heavy atom. The van der Waals surface area contributed by atoms with Crippen molar-refractivity contribution in [1.29, 1.82) is 0 Å². The third-order valence-electron chi connectivity index (χ3n) is 4.10. The first-order valence-corrected chi connectivity index (χ1v) is 11.6. The topological polar surface area (TPSA) is 104 Å². The maximum atomic E-state index is 13.5. The number of aromatic nitrogens is 1. The van der Waals surface area contributed by atoms with Gasteiger partial charge in [-0.25, -0.2) is 14.2 Å². The molecule has 3 rings (SSSR count). The minimum Gasteiger partial charge on any atom is -0.495 e. The molecule has 1 heterocycles. The van der Waals surface area contributed by atoms with Crippen LogP contribution in [0.15, 0.2) is 46.8 Å². The van der Waals surface area contributed by atoms with Crippen LogP contribution >= 0.6 is 11.3 Å². The van der Waals surface area contributed by atoms with Crippen LogP contribution in [0.4, 0.5) is 23.2 Å². The number of alkyl halides is 3. The molecule has 0 aliphatic heterocycles. The molecule has 184 valence electrons. The fraction of sp³-hybridized carbons (Fsp3) is 0.143. The van der Waals surface area contributed by atoms with Gasteiger partial charge in [-0.1, -0.05) is 5.92 Å². The second-order valence-electron chi connectivity index (χ2n) is 6.45. The Kier molecular flexibility index (Phi) is 7.51. The van der Waals surface area contributed by atoms with Gasteiger partial charge in [-0.15, -0.1) is 24.5 Å². The van der Waals surface area contributed by atoms with Gasteiger partial charge in [0, 0.05) is 10.9 Å². The fourth-order valence-corrected chi connectivity index (χ4v) is 4.58. The molecule has 0 aliphatic carbocycles. The highest BCUT2D eigenvalue weighted by molar-refractivity contribution is 7.92. The highest BCUT2D eigenvalue weighted by Crippen LogP contribution is 2.29. The fourth-order valence-electron chi connectivity index (χ4n) is 2.57. The number of hydrogen-bond donors (Lipinski definition) is 1. The summed E-state index contributed by atoms with van der Waals surface area (Å²) in [6.45, 7) is 0. The molecular formula is C21H14F4N2O6S2. The van der Waals surface area contributed by atoms with Crippen LogP contribution in [0, 0.1) is 17.7 Å². The van der Waals surface area contributed by atoms with Gasteiger partial charge in [0.25, 0.3) is 10.0 Å². The lowest BCUT2D eigenvalue weighted by Crippen LogP contribution is -2.18. The number of nitrogens with zero attached hydrogens (tertiary/aromatic N) is 1. The highest BCUT2D eigenvalue weighted by Gasteiger charge is 2.32. The quantitative estimate of drug-likeness (QED) is 0.290. The normalized spacial score (nSPS) is 11.3. The van der Waals surface area contributed by atoms with E-state index in [0.29, 0.717) is 0 Å². The van der Waals surface area contributed by atoms with E-state index in [0.717, 1.165) is 29.5 Å². The molecular weight excluding hydrogens is 516 g/mol. The molecule has 0 saturated carbocycles. The molecule has 35 heavy (non-hydrogen) atoms. The lowest BCUT2D eigenvalue weighted by molar-refractivity contribution is -0.275. The van der Waals surface area contributed by atoms with Crippen LogP contribution in [0.2, 0.25) is 0 Å². The standard InChI is InChI=1S/C21H14F4N2O6S2/c1-31-17-10-13(20(28)32-2)5-7-15(17)27-35(29,30)19-11-34-18(26-19)8-4-12-3-6-14(22)16(9-12)33-21(23,24)25/h3,5-7,9-11,27H,1-2H3. The van der Waals surface area contributed by atoms with Gasteiger partial charge in [-0.05, 0) is 42.3 Å². The summed E-state index contributed by atoms with van der Waals surface area (Å²) in [5.74, 6) is 2.12. The summed E-state index contributed by atoms with van der Waals surface area (Å²) in [6.07, 6.45) is -5.08. The van der Waals surface area contributed by atoms with Crippen molar-refractivity contribution in [3.8, 4) is 23.3 Å². The molecule has 0 unspecified atom stereocenters. The first-order valence-electron chi connectivity index (χ1n) is 9.24. The summed E-state index contributed by atoms with van der Waals surface area (Å²) >= 11 is 0.861. The summed E-state index contributed by atoms with van der Waals surface area (Å²) < 4.78 is 91.7. The van der Waals surface area contributed by atoms with E-state index in [1.54, 1.807) is 0 Å². The van der Waals surface area contributed by atoms with Crippen molar-refractivity contribution in [3.63, 3.8) is 0 Å². The van der Waals surface area contributed by atoms with E-state index in [1.807, 2.05) is 0 Å². The van der Waals surface area contributed by atoms with E-state index in [4.69, 9.17) is 4.74 Å². The van der Waals surface area contributed by atoms with E-state index in [-0.39, 0.29) is 32.6 Å². The molecule has 0 radical (unpaired) electrons. The lowest BCUT2D eigenvalue weighted by Gasteiger charge is -2.11. The van der Waals surface area contributed by atoms with Crippen LogP contribution in [-0.2, 0) is 14.8 Å². The molecule has 0 atom stereocenters. The lowest BCUT2D eigenvalue weighted by atomic mass is 10.2. The maximum Gasteiger partial charge on any atom is 0.573 e. The number of carbonyl (C=O) groups is 1. The Morgan fingerprint density at radius 1 is 1.09 bits per heavy atom. The second kappa shape index (κ2) is 10.2. The number of thiazole rings is 1. The molecule has 0 spiro atoms. The summed E-state index contributed by atoms with van der Waals surface area (Å²) in [4.78, 5) is 15.6. The van der Waals surface area contributed by atoms with Crippen molar-refractivity contribution >= 4 is 33.0 Å². The average molecular weight is 530 g/mol. The van der Waals surface area contributed by atoms with Crippen molar-refractivity contribution in [2.45, 2.75) is 11.4 Å². The third kappa shape index (κ3) is 6.61. The number of esters is 1. The number of anilines is 1. The van der Waals surface area contributed by atoms with Crippen LogP contribution < -0.4 is 14.2 Å². The van der Waals surface area contributed by atoms with E-state index >= 15 is 0 Å². The van der Waals surface area contributed by atoms with Gasteiger partial charge in [0.2, 0.25) is 0 Å². The SMILES string of the molecule is COC(=O)c1ccc(NS(=O)(=O)c2csc(C#Cc3ccc(F)c(OC(F)(F)F)c3)n2)c(OC)c1. The number of carbonyl (C=O) groups excluding carboxylic acids is 1. The smallest absolute Gasteiger partial charge is 0.495 e. The number of methoxy groups -OCH3 is 2. The monoisotopic (exact) mass is 530 g/mol. The van der Waals surface area contributed by atoms with Crippen LogP contribution in [0.3, 0.4) is 0 Å². The van der Waals surface area contributed by atoms with Crippen LogP contribution in [0.5, 0.6) is 11.5 Å². The van der Waals surface area contributed by atoms with Gasteiger partial charge < -0.3 is 14.2 Å². The molecule has 0 aliphatic rings. The zero-order valence-corrected chi connectivity index (χ0v) is 19.4.